The molecule has 0 atom stereocenters. The normalized spacial score (nSPS) is 12.2. The Bertz CT molecular complexity index is 820. The van der Waals surface area contributed by atoms with E-state index in [1.54, 1.807) is 12.4 Å². The molecule has 3 aromatic rings. The molecule has 2 heterocycles. The first kappa shape index (κ1) is 16.7. The molecule has 0 amide bonds. The summed E-state index contributed by atoms with van der Waals surface area (Å²) in [5.41, 5.74) is 7.07. The number of fused-ring (bicyclic) bond motifs is 1. The summed E-state index contributed by atoms with van der Waals surface area (Å²) in [6, 6.07) is 8.89. The van der Waals surface area contributed by atoms with Gasteiger partial charge in [0.25, 0.3) is 0 Å². The largest absolute Gasteiger partial charge is 0.338 e. The van der Waals surface area contributed by atoms with E-state index in [1.807, 2.05) is 0 Å². The molecule has 1 aromatic carbocycles. The van der Waals surface area contributed by atoms with Crippen molar-refractivity contribution in [3.63, 3.8) is 0 Å². The predicted octanol–water partition coefficient (Wildman–Crippen LogP) is 5.51. The van der Waals surface area contributed by atoms with E-state index in [9.17, 15) is 0 Å². The van der Waals surface area contributed by atoms with Gasteiger partial charge in [-0.1, -0.05) is 58.9 Å². The summed E-state index contributed by atoms with van der Waals surface area (Å²) in [6.07, 6.45) is 5.70. The summed E-state index contributed by atoms with van der Waals surface area (Å²) >= 11 is 0. The van der Waals surface area contributed by atoms with Crippen LogP contribution in [-0.4, -0.2) is 15.0 Å². The number of aromatic amines is 1. The van der Waals surface area contributed by atoms with E-state index in [1.165, 1.54) is 16.7 Å². The molecule has 1 N–H and O–H groups in total. The summed E-state index contributed by atoms with van der Waals surface area (Å²) in [5, 5.41) is 0. The van der Waals surface area contributed by atoms with Crippen LogP contribution in [0.5, 0.6) is 0 Å². The van der Waals surface area contributed by atoms with E-state index < -0.39 is 0 Å². The van der Waals surface area contributed by atoms with Crippen LogP contribution in [0, 0.1) is 5.92 Å². The van der Waals surface area contributed by atoms with Crippen LogP contribution in [-0.2, 0) is 11.8 Å². The van der Waals surface area contributed by atoms with E-state index in [-0.39, 0.29) is 5.41 Å². The molecule has 0 radical (unpaired) electrons. The summed E-state index contributed by atoms with van der Waals surface area (Å²) in [5.74, 6) is 0.669. The molecule has 3 heteroatoms. The highest BCUT2D eigenvalue weighted by Gasteiger charge is 2.17. The number of nitrogens with zero attached hydrogens (tertiary/aromatic N) is 2. The zero-order valence-corrected chi connectivity index (χ0v) is 15.4. The second-order valence-corrected chi connectivity index (χ2v) is 7.99. The van der Waals surface area contributed by atoms with Crippen LogP contribution in [0.4, 0.5) is 0 Å². The molecule has 3 nitrogen and oxygen atoms in total. The fourth-order valence-electron chi connectivity index (χ4n) is 3.02. The fourth-order valence-corrected chi connectivity index (χ4v) is 3.02. The number of rotatable bonds is 4. The standard InChI is InChI=1S/C21H27N3/c1-14(2)6-11-17-18(24-20-19(17)22-12-13-23-20)15-7-9-16(10-8-15)21(3,4)5/h7-10,12-14H,6,11H2,1-5H3,(H,23,24). The number of hydrogen-bond donors (Lipinski definition) is 1. The molecule has 0 spiro atoms. The lowest BCUT2D eigenvalue weighted by molar-refractivity contribution is 0.588. The molecular formula is C21H27N3. The Kier molecular flexibility index (Phi) is 4.44. The van der Waals surface area contributed by atoms with E-state index in [0.717, 1.165) is 29.7 Å². The maximum absolute atomic E-state index is 4.57. The molecule has 0 saturated carbocycles. The van der Waals surface area contributed by atoms with Crippen molar-refractivity contribution >= 4 is 11.2 Å². The van der Waals surface area contributed by atoms with Crippen LogP contribution >= 0.6 is 0 Å². The third kappa shape index (κ3) is 3.35. The Morgan fingerprint density at radius 1 is 1.00 bits per heavy atom. The van der Waals surface area contributed by atoms with E-state index >= 15 is 0 Å². The van der Waals surface area contributed by atoms with Crippen LogP contribution in [0.15, 0.2) is 36.7 Å². The van der Waals surface area contributed by atoms with Gasteiger partial charge in [-0.2, -0.15) is 0 Å². The van der Waals surface area contributed by atoms with Crippen LogP contribution in [0.3, 0.4) is 0 Å². The first-order valence-electron chi connectivity index (χ1n) is 8.78. The van der Waals surface area contributed by atoms with Gasteiger partial charge in [0.15, 0.2) is 5.65 Å². The Hall–Kier alpha value is -2.16. The van der Waals surface area contributed by atoms with Gasteiger partial charge in [0.05, 0.1) is 5.69 Å². The number of aryl methyl sites for hydroxylation is 1. The summed E-state index contributed by atoms with van der Waals surface area (Å²) in [7, 11) is 0. The molecular weight excluding hydrogens is 294 g/mol. The average Bonchev–Trinajstić information content (AvgIpc) is 2.91. The zero-order valence-electron chi connectivity index (χ0n) is 15.4. The molecule has 0 aliphatic heterocycles. The lowest BCUT2D eigenvalue weighted by atomic mass is 9.86. The number of benzene rings is 1. The quantitative estimate of drug-likeness (QED) is 0.688. The lowest BCUT2D eigenvalue weighted by Crippen LogP contribution is -2.10. The molecule has 3 rings (SSSR count). The number of hydrogen-bond acceptors (Lipinski definition) is 2. The third-order valence-electron chi connectivity index (χ3n) is 4.54. The number of aromatic nitrogens is 3. The summed E-state index contributed by atoms with van der Waals surface area (Å²) in [4.78, 5) is 12.5. The average molecular weight is 321 g/mol. The molecule has 2 aromatic heterocycles. The third-order valence-corrected chi connectivity index (χ3v) is 4.54. The minimum absolute atomic E-state index is 0.169. The molecule has 0 aliphatic rings. The maximum atomic E-state index is 4.57. The van der Waals surface area contributed by atoms with Crippen LogP contribution in [0.2, 0.25) is 0 Å². The van der Waals surface area contributed by atoms with Crippen LogP contribution in [0.1, 0.15) is 52.2 Å². The van der Waals surface area contributed by atoms with Crippen molar-refractivity contribution in [2.24, 2.45) is 5.92 Å². The molecule has 0 bridgehead atoms. The molecule has 24 heavy (non-hydrogen) atoms. The minimum atomic E-state index is 0.169. The molecule has 0 fully saturated rings. The zero-order chi connectivity index (χ0) is 17.3. The smallest absolute Gasteiger partial charge is 0.156 e. The van der Waals surface area contributed by atoms with Crippen molar-refractivity contribution in [1.29, 1.82) is 0 Å². The van der Waals surface area contributed by atoms with Crippen molar-refractivity contribution in [2.75, 3.05) is 0 Å². The van der Waals surface area contributed by atoms with Crippen molar-refractivity contribution in [2.45, 2.75) is 52.9 Å². The lowest BCUT2D eigenvalue weighted by Gasteiger charge is -2.19. The Labute approximate surface area is 144 Å². The number of nitrogens with one attached hydrogen (secondary N) is 1. The van der Waals surface area contributed by atoms with Crippen LogP contribution < -0.4 is 0 Å². The van der Waals surface area contributed by atoms with E-state index in [0.29, 0.717) is 5.92 Å². The highest BCUT2D eigenvalue weighted by Crippen LogP contribution is 2.31. The van der Waals surface area contributed by atoms with Crippen molar-refractivity contribution in [3.05, 3.63) is 47.8 Å². The van der Waals surface area contributed by atoms with Crippen molar-refractivity contribution < 1.29 is 0 Å². The van der Waals surface area contributed by atoms with Gasteiger partial charge in [-0.25, -0.2) is 4.98 Å². The predicted molar refractivity (Wildman–Crippen MR) is 101 cm³/mol. The Balaban J connectivity index is 2.06. The highest BCUT2D eigenvalue weighted by molar-refractivity contribution is 5.85. The minimum Gasteiger partial charge on any atom is -0.338 e. The topological polar surface area (TPSA) is 41.6 Å². The van der Waals surface area contributed by atoms with E-state index in [4.69, 9.17) is 0 Å². The van der Waals surface area contributed by atoms with Gasteiger partial charge in [-0.3, -0.25) is 4.98 Å². The first-order chi connectivity index (χ1) is 11.4. The van der Waals surface area contributed by atoms with Gasteiger partial charge >= 0.3 is 0 Å². The summed E-state index contributed by atoms with van der Waals surface area (Å²) < 4.78 is 0. The Morgan fingerprint density at radius 3 is 2.29 bits per heavy atom. The highest BCUT2D eigenvalue weighted by atomic mass is 14.9. The number of H-pyrrole nitrogens is 1. The molecule has 0 aliphatic carbocycles. The SMILES string of the molecule is CC(C)CCc1c(-c2ccc(C(C)(C)C)cc2)[nH]c2nccnc12. The molecule has 126 valence electrons. The Morgan fingerprint density at radius 2 is 1.67 bits per heavy atom. The second-order valence-electron chi connectivity index (χ2n) is 7.99. The second kappa shape index (κ2) is 6.39. The van der Waals surface area contributed by atoms with Gasteiger partial charge in [-0.15, -0.1) is 0 Å². The van der Waals surface area contributed by atoms with E-state index in [2.05, 4.69) is 73.8 Å². The summed E-state index contributed by atoms with van der Waals surface area (Å²) in [6.45, 7) is 11.3. The van der Waals surface area contributed by atoms with Gasteiger partial charge in [0, 0.05) is 18.0 Å². The maximum Gasteiger partial charge on any atom is 0.156 e. The van der Waals surface area contributed by atoms with Gasteiger partial charge in [-0.05, 0) is 35.3 Å². The molecule has 0 unspecified atom stereocenters. The first-order valence-corrected chi connectivity index (χ1v) is 8.78. The van der Waals surface area contributed by atoms with Crippen molar-refractivity contribution in [3.8, 4) is 11.3 Å². The van der Waals surface area contributed by atoms with Gasteiger partial charge in [0.1, 0.15) is 5.52 Å². The van der Waals surface area contributed by atoms with Gasteiger partial charge in [0.2, 0.25) is 0 Å². The van der Waals surface area contributed by atoms with Crippen molar-refractivity contribution in [1.82, 2.24) is 15.0 Å². The monoisotopic (exact) mass is 321 g/mol. The fraction of sp³-hybridized carbons (Fsp3) is 0.429. The molecule has 0 saturated heterocycles. The van der Waals surface area contributed by atoms with Gasteiger partial charge < -0.3 is 4.98 Å². The van der Waals surface area contributed by atoms with Crippen LogP contribution in [0.25, 0.3) is 22.4 Å².